The number of carbonyl (C=O) groups is 1. The highest BCUT2D eigenvalue weighted by atomic mass is 35.5. The fourth-order valence-corrected chi connectivity index (χ4v) is 3.62. The van der Waals surface area contributed by atoms with Crippen molar-refractivity contribution in [3.8, 4) is 11.5 Å². The van der Waals surface area contributed by atoms with Crippen molar-refractivity contribution >= 4 is 24.0 Å². The van der Waals surface area contributed by atoms with Gasteiger partial charge < -0.3 is 20.1 Å². The number of nitro groups is 1. The normalized spacial score (nSPS) is 20.4. The van der Waals surface area contributed by atoms with Gasteiger partial charge in [-0.05, 0) is 5.56 Å². The maximum atomic E-state index is 13.1. The fraction of sp³-hybridized carbons (Fsp3) is 0.316. The van der Waals surface area contributed by atoms with Crippen LogP contribution in [0.15, 0.2) is 42.5 Å². The van der Waals surface area contributed by atoms with Gasteiger partial charge in [0.2, 0.25) is 0 Å². The van der Waals surface area contributed by atoms with Crippen LogP contribution in [0.1, 0.15) is 21.8 Å². The van der Waals surface area contributed by atoms with Crippen molar-refractivity contribution < 1.29 is 19.2 Å². The number of ether oxygens (including phenoxy) is 2. The maximum absolute atomic E-state index is 13.1. The Hall–Kier alpha value is -2.84. The van der Waals surface area contributed by atoms with E-state index in [1.807, 2.05) is 30.3 Å². The molecule has 9 heteroatoms. The summed E-state index contributed by atoms with van der Waals surface area (Å²) in [5, 5.41) is 11.5. The van der Waals surface area contributed by atoms with Crippen molar-refractivity contribution in [3.05, 3.63) is 63.7 Å². The lowest BCUT2D eigenvalue weighted by Gasteiger charge is -2.21. The minimum absolute atomic E-state index is 0. The predicted molar refractivity (Wildman–Crippen MR) is 104 cm³/mol. The van der Waals surface area contributed by atoms with Crippen LogP contribution >= 0.6 is 12.4 Å². The van der Waals surface area contributed by atoms with Gasteiger partial charge in [0.1, 0.15) is 18.8 Å². The molecule has 0 aromatic heterocycles. The van der Waals surface area contributed by atoms with Crippen molar-refractivity contribution in [2.75, 3.05) is 26.3 Å². The molecule has 0 saturated carbocycles. The number of amides is 1. The van der Waals surface area contributed by atoms with Crippen LogP contribution in [0, 0.1) is 10.1 Å². The molecule has 0 bridgehead atoms. The fourth-order valence-electron chi connectivity index (χ4n) is 3.62. The smallest absolute Gasteiger partial charge is 0.286 e. The number of nitro benzene ring substituents is 1. The number of fused-ring (bicyclic) bond motifs is 1. The van der Waals surface area contributed by atoms with Crippen LogP contribution in [0.25, 0.3) is 0 Å². The van der Waals surface area contributed by atoms with Crippen LogP contribution in [0.4, 0.5) is 5.69 Å². The number of nitrogens with zero attached hydrogens (tertiary/aromatic N) is 2. The Labute approximate surface area is 167 Å². The summed E-state index contributed by atoms with van der Waals surface area (Å²) in [6, 6.07) is 12.2. The molecule has 2 heterocycles. The summed E-state index contributed by atoms with van der Waals surface area (Å²) in [5.74, 6) is 0.196. The van der Waals surface area contributed by atoms with E-state index in [-0.39, 0.29) is 41.4 Å². The third-order valence-electron chi connectivity index (χ3n) is 4.97. The number of benzene rings is 2. The standard InChI is InChI=1S/C19H19N3O5.ClH/c20-15-11-21(10-14(15)12-4-2-1-3-5-12)19(23)13-8-17-18(27-7-6-26-17)9-16(13)22(24)25;/h1-5,8-9,14-15H,6-7,10-11,20H2;1H/t14-,15+;/m0./s1. The molecule has 1 saturated heterocycles. The second-order valence-electron chi connectivity index (χ2n) is 6.66. The Bertz CT molecular complexity index is 893. The van der Waals surface area contributed by atoms with Crippen molar-refractivity contribution in [2.24, 2.45) is 5.73 Å². The van der Waals surface area contributed by atoms with Gasteiger partial charge in [-0.1, -0.05) is 30.3 Å². The van der Waals surface area contributed by atoms with E-state index in [2.05, 4.69) is 0 Å². The molecular weight excluding hydrogens is 386 g/mol. The number of nitrogens with two attached hydrogens (primary N) is 1. The zero-order chi connectivity index (χ0) is 19.0. The molecule has 2 aliphatic heterocycles. The summed E-state index contributed by atoms with van der Waals surface area (Å²) in [5.41, 5.74) is 7.01. The number of carbonyl (C=O) groups excluding carboxylic acids is 1. The van der Waals surface area contributed by atoms with E-state index >= 15 is 0 Å². The molecule has 1 fully saturated rings. The molecule has 8 nitrogen and oxygen atoms in total. The monoisotopic (exact) mass is 405 g/mol. The summed E-state index contributed by atoms with van der Waals surface area (Å²) in [6.07, 6.45) is 0. The molecule has 2 N–H and O–H groups in total. The van der Waals surface area contributed by atoms with E-state index in [9.17, 15) is 14.9 Å². The largest absolute Gasteiger partial charge is 0.486 e. The van der Waals surface area contributed by atoms with Gasteiger partial charge in [0.25, 0.3) is 11.6 Å². The highest BCUT2D eigenvalue weighted by Gasteiger charge is 2.37. The minimum atomic E-state index is -0.573. The topological polar surface area (TPSA) is 108 Å². The lowest BCUT2D eigenvalue weighted by Crippen LogP contribution is -2.32. The van der Waals surface area contributed by atoms with Gasteiger partial charge in [-0.15, -0.1) is 12.4 Å². The van der Waals surface area contributed by atoms with Crippen LogP contribution in [0.2, 0.25) is 0 Å². The van der Waals surface area contributed by atoms with Gasteiger partial charge >= 0.3 is 0 Å². The molecule has 0 unspecified atom stereocenters. The van der Waals surface area contributed by atoms with Gasteiger partial charge in [-0.2, -0.15) is 0 Å². The lowest BCUT2D eigenvalue weighted by atomic mass is 9.95. The summed E-state index contributed by atoms with van der Waals surface area (Å²) in [7, 11) is 0. The van der Waals surface area contributed by atoms with E-state index in [0.717, 1.165) is 5.56 Å². The second-order valence-corrected chi connectivity index (χ2v) is 6.66. The average Bonchev–Trinajstić information content (AvgIpc) is 3.08. The summed E-state index contributed by atoms with van der Waals surface area (Å²) >= 11 is 0. The SMILES string of the molecule is Cl.N[C@@H]1CN(C(=O)c2cc3c(cc2[N+](=O)[O-])OCCO3)C[C@H]1c1ccccc1. The molecule has 1 amide bonds. The third kappa shape index (κ3) is 3.61. The third-order valence-corrected chi connectivity index (χ3v) is 4.97. The molecule has 4 rings (SSSR count). The second kappa shape index (κ2) is 8.04. The Morgan fingerprint density at radius 2 is 1.75 bits per heavy atom. The highest BCUT2D eigenvalue weighted by Crippen LogP contribution is 2.38. The van der Waals surface area contributed by atoms with Gasteiger partial charge in [-0.25, -0.2) is 0 Å². The maximum Gasteiger partial charge on any atom is 0.286 e. The first-order chi connectivity index (χ1) is 13.0. The first-order valence-electron chi connectivity index (χ1n) is 8.72. The number of likely N-dealkylation sites (tertiary alicyclic amines) is 1. The molecule has 0 radical (unpaired) electrons. The Kier molecular flexibility index (Phi) is 5.71. The van der Waals surface area contributed by atoms with Crippen molar-refractivity contribution in [2.45, 2.75) is 12.0 Å². The average molecular weight is 406 g/mol. The number of halogens is 1. The first kappa shape index (κ1) is 19.9. The Morgan fingerprint density at radius 1 is 1.11 bits per heavy atom. The number of hydrogen-bond acceptors (Lipinski definition) is 6. The molecular formula is C19H20ClN3O5. The summed E-state index contributed by atoms with van der Waals surface area (Å²) in [6.45, 7) is 1.40. The van der Waals surface area contributed by atoms with E-state index in [1.165, 1.54) is 12.1 Å². The molecule has 0 spiro atoms. The van der Waals surface area contributed by atoms with Crippen molar-refractivity contribution in [1.82, 2.24) is 4.90 Å². The molecule has 148 valence electrons. The minimum Gasteiger partial charge on any atom is -0.486 e. The summed E-state index contributed by atoms with van der Waals surface area (Å²) in [4.78, 5) is 25.5. The van der Waals surface area contributed by atoms with E-state index < -0.39 is 10.8 Å². The number of hydrogen-bond donors (Lipinski definition) is 1. The summed E-state index contributed by atoms with van der Waals surface area (Å²) < 4.78 is 10.9. The quantitative estimate of drug-likeness (QED) is 0.620. The van der Waals surface area contributed by atoms with Gasteiger partial charge in [0, 0.05) is 31.1 Å². The molecule has 28 heavy (non-hydrogen) atoms. The molecule has 2 aliphatic rings. The van der Waals surface area contributed by atoms with E-state index in [4.69, 9.17) is 15.2 Å². The molecule has 2 atom stereocenters. The predicted octanol–water partition coefficient (Wildman–Crippen LogP) is 2.35. The van der Waals surface area contributed by atoms with Gasteiger partial charge in [0.05, 0.1) is 11.0 Å². The van der Waals surface area contributed by atoms with Gasteiger partial charge in [0.15, 0.2) is 11.5 Å². The van der Waals surface area contributed by atoms with Crippen LogP contribution in [0.3, 0.4) is 0 Å². The Balaban J connectivity index is 0.00000225. The lowest BCUT2D eigenvalue weighted by molar-refractivity contribution is -0.385. The van der Waals surface area contributed by atoms with Crippen molar-refractivity contribution in [1.29, 1.82) is 0 Å². The van der Waals surface area contributed by atoms with Crippen LogP contribution in [0.5, 0.6) is 11.5 Å². The zero-order valence-electron chi connectivity index (χ0n) is 14.9. The molecule has 0 aliphatic carbocycles. The number of rotatable bonds is 3. The van der Waals surface area contributed by atoms with E-state index in [1.54, 1.807) is 4.90 Å². The van der Waals surface area contributed by atoms with Crippen LogP contribution in [-0.2, 0) is 0 Å². The van der Waals surface area contributed by atoms with E-state index in [0.29, 0.717) is 32.1 Å². The van der Waals surface area contributed by atoms with Gasteiger partial charge in [-0.3, -0.25) is 14.9 Å². The molecule has 2 aromatic carbocycles. The zero-order valence-corrected chi connectivity index (χ0v) is 15.8. The van der Waals surface area contributed by atoms with Crippen molar-refractivity contribution in [3.63, 3.8) is 0 Å². The van der Waals surface area contributed by atoms with Crippen LogP contribution in [-0.4, -0.2) is 48.1 Å². The Morgan fingerprint density at radius 3 is 2.39 bits per heavy atom. The van der Waals surface area contributed by atoms with Crippen LogP contribution < -0.4 is 15.2 Å². The first-order valence-corrected chi connectivity index (χ1v) is 8.72. The highest BCUT2D eigenvalue weighted by molar-refractivity contribution is 5.99. The molecule has 2 aromatic rings.